The largest absolute Gasteiger partial charge is 0.269 e. The maximum absolute atomic E-state index is 5.07. The van der Waals surface area contributed by atoms with E-state index in [4.69, 9.17) is 63.1 Å². The highest BCUT2D eigenvalue weighted by atomic mass is 32.1. The Morgan fingerprint density at radius 2 is 0.252 bits per heavy atom. The standard InChI is InChI=1S/5C21H23S.5FH/c5*1-2-3-4-5-6-7-18-8-10-19(11-9-18)12-13-20-14-16-21(22)17-15-20;;;;;/h5*8-11,14-17H,2-7H2,1H3;5*1H. The summed E-state index contributed by atoms with van der Waals surface area (Å²) in [7, 11) is 0. The molecule has 0 saturated heterocycles. The van der Waals surface area contributed by atoms with Crippen LogP contribution >= 0.6 is 63.1 Å². The van der Waals surface area contributed by atoms with Gasteiger partial charge in [-0.2, -0.15) is 0 Å². The van der Waals surface area contributed by atoms with Gasteiger partial charge in [0.25, 0.3) is 0 Å². The van der Waals surface area contributed by atoms with Crippen molar-refractivity contribution < 1.29 is 23.5 Å². The van der Waals surface area contributed by atoms with Crippen molar-refractivity contribution in [2.75, 3.05) is 0 Å². The van der Waals surface area contributed by atoms with Crippen molar-refractivity contribution in [3.63, 3.8) is 0 Å². The predicted molar refractivity (Wildman–Crippen MR) is 498 cm³/mol. The molecule has 5 radical (unpaired) electrons. The number of rotatable bonds is 30. The van der Waals surface area contributed by atoms with Crippen LogP contribution in [0.2, 0.25) is 0 Å². The van der Waals surface area contributed by atoms with Gasteiger partial charge in [0.15, 0.2) is 0 Å². The zero-order chi connectivity index (χ0) is 78.1. The lowest BCUT2D eigenvalue weighted by Crippen LogP contribution is -1.86. The molecule has 0 aliphatic heterocycles. The Balaban J connectivity index is 0.000000711. The van der Waals surface area contributed by atoms with E-state index in [0.29, 0.717) is 0 Å². The van der Waals surface area contributed by atoms with E-state index < -0.39 is 0 Å². The molecule has 605 valence electrons. The summed E-state index contributed by atoms with van der Waals surface area (Å²) in [6, 6.07) is 82.2. The summed E-state index contributed by atoms with van der Waals surface area (Å²) in [5.41, 5.74) is 17.4. The van der Waals surface area contributed by atoms with E-state index in [0.717, 1.165) is 80.1 Å². The molecule has 0 heterocycles. The Kier molecular flexibility index (Phi) is 59.5. The first-order valence-corrected chi connectivity index (χ1v) is 42.8. The molecule has 0 bridgehead atoms. The van der Waals surface area contributed by atoms with Gasteiger partial charge in [0.1, 0.15) is 0 Å². The number of aryl methyl sites for hydroxylation is 5. The average molecular weight is 1640 g/mol. The molecule has 0 aliphatic carbocycles. The number of unbranched alkanes of at least 4 members (excludes halogenated alkanes) is 20. The third-order valence-corrected chi connectivity index (χ3v) is 20.0. The highest BCUT2D eigenvalue weighted by Crippen LogP contribution is 2.19. The molecule has 10 aromatic carbocycles. The van der Waals surface area contributed by atoms with Gasteiger partial charge in [-0.1, -0.05) is 346 Å². The Bertz CT molecular complexity index is 3770. The number of hydrogen-bond acceptors (Lipinski definition) is 0. The molecular weight excluding hydrogens is 1520 g/mol. The molecule has 115 heavy (non-hydrogen) atoms. The smallest absolute Gasteiger partial charge is 0.0377 e. The molecule has 0 saturated carbocycles. The fourth-order valence-electron chi connectivity index (χ4n) is 11.9. The summed E-state index contributed by atoms with van der Waals surface area (Å²) < 4.78 is 0. The van der Waals surface area contributed by atoms with Gasteiger partial charge in [0, 0.05) is 80.1 Å². The van der Waals surface area contributed by atoms with Crippen molar-refractivity contribution in [2.24, 2.45) is 0 Å². The Morgan fingerprint density at radius 1 is 0.148 bits per heavy atom. The lowest BCUT2D eigenvalue weighted by atomic mass is 10.0. The van der Waals surface area contributed by atoms with Crippen LogP contribution in [0.15, 0.2) is 267 Å². The van der Waals surface area contributed by atoms with Crippen molar-refractivity contribution in [3.8, 4) is 59.2 Å². The predicted octanol–water partition coefficient (Wildman–Crippen LogP) is 31.5. The highest BCUT2D eigenvalue weighted by molar-refractivity contribution is 7.81. The SMILES string of the molecule is CCCCCCCc1ccc(C#Cc2ccc([S])cc2)cc1.CCCCCCCc1ccc(C#Cc2ccc([S])cc2)cc1.CCCCCCCc1ccc(C#Cc2ccc([S])cc2)cc1.CCCCCCCc1ccc(C#Cc2ccc([S])cc2)cc1.CCCCCCCc1ccc(C#Cc2ccc([S])cc2)cc1.F.F.F.F.F. The fraction of sp³-hybridized carbons (Fsp3) is 0.333. The quantitative estimate of drug-likeness (QED) is 0.0239. The molecule has 0 atom stereocenters. The van der Waals surface area contributed by atoms with Crippen molar-refractivity contribution in [3.05, 3.63) is 326 Å². The van der Waals surface area contributed by atoms with Gasteiger partial charge >= 0.3 is 0 Å². The van der Waals surface area contributed by atoms with Crippen LogP contribution in [0, 0.1) is 59.2 Å². The molecule has 0 nitrogen and oxygen atoms in total. The van der Waals surface area contributed by atoms with Crippen molar-refractivity contribution in [2.45, 2.75) is 252 Å². The second-order valence-electron chi connectivity index (χ2n) is 28.2. The molecular formula is C105H120F5S5. The van der Waals surface area contributed by atoms with E-state index in [-0.39, 0.29) is 23.5 Å². The minimum absolute atomic E-state index is 0. The third kappa shape index (κ3) is 48.7. The lowest BCUT2D eigenvalue weighted by molar-refractivity contribution is 0.632. The second kappa shape index (κ2) is 66.0. The topological polar surface area (TPSA) is 0 Å². The number of benzene rings is 10. The molecule has 0 amide bonds. The molecule has 0 aromatic heterocycles. The number of hydrogen-bond donors (Lipinski definition) is 0. The minimum Gasteiger partial charge on any atom is -0.269 e. The first-order chi connectivity index (χ1) is 53.9. The van der Waals surface area contributed by atoms with Crippen LogP contribution in [0.3, 0.4) is 0 Å². The van der Waals surface area contributed by atoms with Crippen LogP contribution in [0.5, 0.6) is 0 Å². The fourth-order valence-corrected chi connectivity index (χ4v) is 12.5. The summed E-state index contributed by atoms with van der Waals surface area (Å²) in [6.45, 7) is 11.3. The van der Waals surface area contributed by atoms with Crippen LogP contribution in [-0.4, -0.2) is 0 Å². The van der Waals surface area contributed by atoms with Crippen molar-refractivity contribution in [1.29, 1.82) is 0 Å². The zero-order valence-corrected chi connectivity index (χ0v) is 72.5. The highest BCUT2D eigenvalue weighted by Gasteiger charge is 2.02. The van der Waals surface area contributed by atoms with Gasteiger partial charge in [0.2, 0.25) is 0 Å². The Labute approximate surface area is 718 Å². The van der Waals surface area contributed by atoms with Crippen LogP contribution in [0.1, 0.15) is 279 Å². The summed E-state index contributed by atoms with van der Waals surface area (Å²) in [6.07, 6.45) is 39.2. The van der Waals surface area contributed by atoms with Gasteiger partial charge in [0.05, 0.1) is 0 Å². The molecule has 10 rings (SSSR count). The monoisotopic (exact) mass is 1640 g/mol. The molecule has 10 heteroatoms. The van der Waals surface area contributed by atoms with E-state index in [9.17, 15) is 0 Å². The summed E-state index contributed by atoms with van der Waals surface area (Å²) in [5.74, 6) is 31.9. The molecule has 0 N–H and O–H groups in total. The van der Waals surface area contributed by atoms with Gasteiger partial charge in [-0.05, 0) is 274 Å². The first-order valence-electron chi connectivity index (χ1n) is 40.8. The Morgan fingerprint density at radius 3 is 0.365 bits per heavy atom. The van der Waals surface area contributed by atoms with Gasteiger partial charge in [-0.25, -0.2) is 0 Å². The summed E-state index contributed by atoms with van der Waals surface area (Å²) in [4.78, 5) is 4.28. The van der Waals surface area contributed by atoms with Gasteiger partial charge < -0.3 is 0 Å². The van der Waals surface area contributed by atoms with Crippen molar-refractivity contribution >= 4 is 63.1 Å². The van der Waals surface area contributed by atoms with Gasteiger partial charge in [-0.3, -0.25) is 23.5 Å². The second-order valence-corrected chi connectivity index (χ2v) is 30.5. The molecule has 0 spiro atoms. The molecule has 0 unspecified atom stereocenters. The summed E-state index contributed by atoms with van der Waals surface area (Å²) in [5, 5.41) is 0. The Hall–Kier alpha value is -9.25. The normalized spacial score (nSPS) is 9.61. The first kappa shape index (κ1) is 104. The molecule has 10 aromatic rings. The maximum Gasteiger partial charge on any atom is 0.0377 e. The van der Waals surface area contributed by atoms with E-state index in [1.807, 2.05) is 121 Å². The zero-order valence-electron chi connectivity index (χ0n) is 68.4. The van der Waals surface area contributed by atoms with Crippen LogP contribution in [0.4, 0.5) is 23.5 Å². The van der Waals surface area contributed by atoms with E-state index >= 15 is 0 Å². The van der Waals surface area contributed by atoms with Gasteiger partial charge in [-0.15, -0.1) is 0 Å². The van der Waals surface area contributed by atoms with E-state index in [1.54, 1.807) is 0 Å². The van der Waals surface area contributed by atoms with Crippen LogP contribution < -0.4 is 0 Å². The number of halogens is 5. The van der Waals surface area contributed by atoms with Crippen LogP contribution in [-0.2, 0) is 32.1 Å². The molecule has 0 aliphatic rings. The van der Waals surface area contributed by atoms with Crippen molar-refractivity contribution in [1.82, 2.24) is 0 Å². The summed E-state index contributed by atoms with van der Waals surface area (Å²) >= 11 is 25.4. The van der Waals surface area contributed by atoms with E-state index in [1.165, 1.54) is 220 Å². The third-order valence-electron chi connectivity index (χ3n) is 18.6. The maximum atomic E-state index is 5.07. The minimum atomic E-state index is 0. The lowest BCUT2D eigenvalue weighted by Gasteiger charge is -2.01. The average Bonchev–Trinajstić information content (AvgIpc) is 0.912. The van der Waals surface area contributed by atoms with Crippen LogP contribution in [0.25, 0.3) is 0 Å². The molecule has 0 fully saturated rings. The van der Waals surface area contributed by atoms with E-state index in [2.05, 4.69) is 215 Å².